The Bertz CT molecular complexity index is 323. The first-order valence-corrected chi connectivity index (χ1v) is 6.06. The van der Waals surface area contributed by atoms with Gasteiger partial charge in [0, 0.05) is 13.6 Å². The van der Waals surface area contributed by atoms with Gasteiger partial charge in [-0.2, -0.15) is 0 Å². The number of rotatable bonds is 4. The quantitative estimate of drug-likeness (QED) is 0.761. The fraction of sp³-hybridized carbons (Fsp3) is 0.692. The van der Waals surface area contributed by atoms with Gasteiger partial charge in [-0.1, -0.05) is 26.0 Å². The summed E-state index contributed by atoms with van der Waals surface area (Å²) in [5.74, 6) is -1.49. The second-order valence-corrected chi connectivity index (χ2v) is 5.11. The van der Waals surface area contributed by atoms with E-state index in [9.17, 15) is 9.59 Å². The van der Waals surface area contributed by atoms with Crippen molar-refractivity contribution in [2.75, 3.05) is 13.6 Å². The predicted octanol–water partition coefficient (Wildman–Crippen LogP) is 1.77. The summed E-state index contributed by atoms with van der Waals surface area (Å²) in [5, 5.41) is 9.12. The molecule has 2 unspecified atom stereocenters. The molecular weight excluding hydrogens is 218 g/mol. The van der Waals surface area contributed by atoms with Crippen LogP contribution in [-0.2, 0) is 9.59 Å². The summed E-state index contributed by atoms with van der Waals surface area (Å²) in [6.07, 6.45) is 4.76. The number of carboxylic acids is 1. The standard InChI is InChI=1S/C13H21NO3/c1-9(2)8-14(3)12(15)10-6-4-5-7-11(10)13(16)17/h4-5,9-11H,6-8H2,1-3H3,(H,16,17). The molecule has 1 amide bonds. The number of amides is 1. The lowest BCUT2D eigenvalue weighted by Gasteiger charge is -2.29. The van der Waals surface area contributed by atoms with Gasteiger partial charge in [-0.05, 0) is 18.8 Å². The Kier molecular flexibility index (Phi) is 4.73. The van der Waals surface area contributed by atoms with E-state index >= 15 is 0 Å². The summed E-state index contributed by atoms with van der Waals surface area (Å²) in [6, 6.07) is 0. The van der Waals surface area contributed by atoms with Crippen LogP contribution in [0, 0.1) is 17.8 Å². The Labute approximate surface area is 102 Å². The summed E-state index contributed by atoms with van der Waals surface area (Å²) < 4.78 is 0. The van der Waals surface area contributed by atoms with E-state index < -0.39 is 17.8 Å². The van der Waals surface area contributed by atoms with E-state index in [1.54, 1.807) is 11.9 Å². The number of hydrogen-bond acceptors (Lipinski definition) is 2. The number of nitrogens with zero attached hydrogens (tertiary/aromatic N) is 1. The maximum absolute atomic E-state index is 12.2. The molecule has 0 fully saturated rings. The normalized spacial score (nSPS) is 23.8. The second kappa shape index (κ2) is 5.84. The smallest absolute Gasteiger partial charge is 0.307 e. The van der Waals surface area contributed by atoms with Crippen LogP contribution < -0.4 is 0 Å². The van der Waals surface area contributed by atoms with Gasteiger partial charge in [0.1, 0.15) is 0 Å². The van der Waals surface area contributed by atoms with Crippen LogP contribution >= 0.6 is 0 Å². The first-order valence-electron chi connectivity index (χ1n) is 6.06. The van der Waals surface area contributed by atoms with Crippen molar-refractivity contribution in [1.82, 2.24) is 4.90 Å². The van der Waals surface area contributed by atoms with Crippen LogP contribution in [0.4, 0.5) is 0 Å². The highest BCUT2D eigenvalue weighted by atomic mass is 16.4. The van der Waals surface area contributed by atoms with Crippen molar-refractivity contribution in [3.8, 4) is 0 Å². The van der Waals surface area contributed by atoms with Gasteiger partial charge in [-0.25, -0.2) is 0 Å². The predicted molar refractivity (Wildman–Crippen MR) is 65.5 cm³/mol. The van der Waals surface area contributed by atoms with Gasteiger partial charge >= 0.3 is 5.97 Å². The monoisotopic (exact) mass is 239 g/mol. The number of carbonyl (C=O) groups is 2. The molecule has 17 heavy (non-hydrogen) atoms. The van der Waals surface area contributed by atoms with Gasteiger partial charge < -0.3 is 10.0 Å². The number of allylic oxidation sites excluding steroid dienone is 2. The van der Waals surface area contributed by atoms with Gasteiger partial charge in [0.25, 0.3) is 0 Å². The average Bonchev–Trinajstić information content (AvgIpc) is 2.27. The summed E-state index contributed by atoms with van der Waals surface area (Å²) in [6.45, 7) is 4.75. The van der Waals surface area contributed by atoms with Crippen LogP contribution in [0.2, 0.25) is 0 Å². The molecule has 4 heteroatoms. The lowest BCUT2D eigenvalue weighted by atomic mass is 9.82. The zero-order valence-corrected chi connectivity index (χ0v) is 10.7. The highest BCUT2D eigenvalue weighted by Crippen LogP contribution is 2.27. The second-order valence-electron chi connectivity index (χ2n) is 5.11. The molecule has 96 valence electrons. The SMILES string of the molecule is CC(C)CN(C)C(=O)C1CC=CCC1C(=O)O. The van der Waals surface area contributed by atoms with Crippen LogP contribution in [0.25, 0.3) is 0 Å². The highest BCUT2D eigenvalue weighted by molar-refractivity contribution is 5.85. The van der Waals surface area contributed by atoms with Crippen molar-refractivity contribution in [2.45, 2.75) is 26.7 Å². The Morgan fingerprint density at radius 3 is 2.29 bits per heavy atom. The maximum Gasteiger partial charge on any atom is 0.307 e. The summed E-state index contributed by atoms with van der Waals surface area (Å²) in [7, 11) is 1.75. The van der Waals surface area contributed by atoms with Crippen LogP contribution in [0.1, 0.15) is 26.7 Å². The molecule has 2 atom stereocenters. The third-order valence-corrected chi connectivity index (χ3v) is 3.08. The van der Waals surface area contributed by atoms with E-state index in [1.807, 2.05) is 26.0 Å². The minimum absolute atomic E-state index is 0.0459. The average molecular weight is 239 g/mol. The maximum atomic E-state index is 12.2. The van der Waals surface area contributed by atoms with Crippen LogP contribution in [-0.4, -0.2) is 35.5 Å². The molecule has 1 aliphatic rings. The fourth-order valence-electron chi connectivity index (χ4n) is 2.28. The van der Waals surface area contributed by atoms with Gasteiger partial charge in [-0.15, -0.1) is 0 Å². The molecule has 0 aromatic carbocycles. The van der Waals surface area contributed by atoms with Crippen LogP contribution in [0.5, 0.6) is 0 Å². The Hall–Kier alpha value is -1.32. The molecule has 0 bridgehead atoms. The Morgan fingerprint density at radius 1 is 1.29 bits per heavy atom. The van der Waals surface area contributed by atoms with Gasteiger partial charge in [0.05, 0.1) is 11.8 Å². The van der Waals surface area contributed by atoms with Crippen molar-refractivity contribution in [3.05, 3.63) is 12.2 Å². The molecule has 1 N–H and O–H groups in total. The molecular formula is C13H21NO3. The summed E-state index contributed by atoms with van der Waals surface area (Å²) >= 11 is 0. The fourth-order valence-corrected chi connectivity index (χ4v) is 2.28. The van der Waals surface area contributed by atoms with E-state index in [0.29, 0.717) is 25.3 Å². The Balaban J connectivity index is 2.72. The molecule has 0 spiro atoms. The van der Waals surface area contributed by atoms with Crippen molar-refractivity contribution in [2.24, 2.45) is 17.8 Å². The molecule has 0 aliphatic heterocycles. The molecule has 0 aromatic rings. The first-order chi connectivity index (χ1) is 7.93. The van der Waals surface area contributed by atoms with Crippen molar-refractivity contribution in [1.29, 1.82) is 0 Å². The molecule has 1 rings (SSSR count). The minimum atomic E-state index is -0.870. The van der Waals surface area contributed by atoms with Gasteiger partial charge in [0.2, 0.25) is 5.91 Å². The van der Waals surface area contributed by atoms with Gasteiger partial charge in [0.15, 0.2) is 0 Å². The number of carbonyl (C=O) groups excluding carboxylic acids is 1. The number of carboxylic acid groups (broad SMARTS) is 1. The first kappa shape index (κ1) is 13.7. The molecule has 0 aromatic heterocycles. The largest absolute Gasteiger partial charge is 0.481 e. The molecule has 0 radical (unpaired) electrons. The number of hydrogen-bond donors (Lipinski definition) is 1. The Morgan fingerprint density at radius 2 is 1.82 bits per heavy atom. The van der Waals surface area contributed by atoms with Crippen LogP contribution in [0.3, 0.4) is 0 Å². The van der Waals surface area contributed by atoms with Crippen molar-refractivity contribution in [3.63, 3.8) is 0 Å². The molecule has 0 heterocycles. The zero-order chi connectivity index (χ0) is 13.0. The highest BCUT2D eigenvalue weighted by Gasteiger charge is 2.35. The zero-order valence-electron chi connectivity index (χ0n) is 10.7. The van der Waals surface area contributed by atoms with Crippen LogP contribution in [0.15, 0.2) is 12.2 Å². The number of aliphatic carboxylic acids is 1. The minimum Gasteiger partial charge on any atom is -0.481 e. The third kappa shape index (κ3) is 3.58. The van der Waals surface area contributed by atoms with Crippen molar-refractivity contribution < 1.29 is 14.7 Å². The van der Waals surface area contributed by atoms with Gasteiger partial charge in [-0.3, -0.25) is 9.59 Å². The lowest BCUT2D eigenvalue weighted by molar-refractivity contribution is -0.150. The third-order valence-electron chi connectivity index (χ3n) is 3.08. The molecule has 4 nitrogen and oxygen atoms in total. The lowest BCUT2D eigenvalue weighted by Crippen LogP contribution is -2.41. The van der Waals surface area contributed by atoms with E-state index in [-0.39, 0.29) is 5.91 Å². The van der Waals surface area contributed by atoms with E-state index in [0.717, 1.165) is 0 Å². The summed E-state index contributed by atoms with van der Waals surface area (Å²) in [5.41, 5.74) is 0. The molecule has 0 saturated carbocycles. The molecule has 0 saturated heterocycles. The topological polar surface area (TPSA) is 57.6 Å². The molecule has 1 aliphatic carbocycles. The van der Waals surface area contributed by atoms with E-state index in [4.69, 9.17) is 5.11 Å². The van der Waals surface area contributed by atoms with E-state index in [2.05, 4.69) is 0 Å². The summed E-state index contributed by atoms with van der Waals surface area (Å²) in [4.78, 5) is 24.9. The van der Waals surface area contributed by atoms with Crippen molar-refractivity contribution >= 4 is 11.9 Å². The van der Waals surface area contributed by atoms with E-state index in [1.165, 1.54) is 0 Å².